The number of nitriles is 2. The van der Waals surface area contributed by atoms with Gasteiger partial charge >= 0.3 is 0 Å². The van der Waals surface area contributed by atoms with Gasteiger partial charge < -0.3 is 10.6 Å². The quantitative estimate of drug-likeness (QED) is 0.753. The summed E-state index contributed by atoms with van der Waals surface area (Å²) in [4.78, 5) is 12.2. The normalized spacial score (nSPS) is 9.62. The van der Waals surface area contributed by atoms with Crippen molar-refractivity contribution in [1.29, 1.82) is 10.5 Å². The van der Waals surface area contributed by atoms with Crippen LogP contribution in [0.1, 0.15) is 21.6 Å². The standard InChI is InChI=1S/C19H12N6O/c20-11-13-5-7-15(8-6-13)22-18-10-9-17(24-25-18)19(26)23-16-4-2-1-3-14(16)12-21/h1-10H,(H,22,25)(H,23,26). The van der Waals surface area contributed by atoms with Gasteiger partial charge in [0.1, 0.15) is 6.07 Å². The number of benzene rings is 2. The number of anilines is 3. The summed E-state index contributed by atoms with van der Waals surface area (Å²) < 4.78 is 0. The first-order valence-electron chi connectivity index (χ1n) is 7.61. The smallest absolute Gasteiger partial charge is 0.276 e. The number of nitrogens with zero attached hydrogens (tertiary/aromatic N) is 4. The Kier molecular flexibility index (Phi) is 4.83. The molecular formula is C19H12N6O. The number of rotatable bonds is 4. The maximum Gasteiger partial charge on any atom is 0.276 e. The highest BCUT2D eigenvalue weighted by Crippen LogP contribution is 2.16. The Balaban J connectivity index is 1.69. The third kappa shape index (κ3) is 3.81. The van der Waals surface area contributed by atoms with Gasteiger partial charge in [-0.1, -0.05) is 12.1 Å². The molecule has 0 unspecified atom stereocenters. The van der Waals surface area contributed by atoms with Crippen molar-refractivity contribution in [1.82, 2.24) is 10.2 Å². The molecule has 0 atom stereocenters. The summed E-state index contributed by atoms with van der Waals surface area (Å²) in [5.74, 6) is 0.00815. The van der Waals surface area contributed by atoms with E-state index in [1.54, 1.807) is 54.6 Å². The summed E-state index contributed by atoms with van der Waals surface area (Å²) in [7, 11) is 0. The lowest BCUT2D eigenvalue weighted by Gasteiger charge is -2.07. The second-order valence-corrected chi connectivity index (χ2v) is 5.23. The maximum atomic E-state index is 12.2. The Bertz CT molecular complexity index is 1010. The van der Waals surface area contributed by atoms with Crippen LogP contribution < -0.4 is 10.6 Å². The number of carbonyl (C=O) groups excluding carboxylic acids is 1. The highest BCUT2D eigenvalue weighted by Gasteiger charge is 2.11. The predicted molar refractivity (Wildman–Crippen MR) is 95.6 cm³/mol. The van der Waals surface area contributed by atoms with Crippen LogP contribution in [-0.4, -0.2) is 16.1 Å². The van der Waals surface area contributed by atoms with E-state index in [2.05, 4.69) is 20.8 Å². The first-order valence-corrected chi connectivity index (χ1v) is 7.61. The van der Waals surface area contributed by atoms with Crippen LogP contribution in [-0.2, 0) is 0 Å². The molecule has 0 bridgehead atoms. The van der Waals surface area contributed by atoms with Crippen molar-refractivity contribution in [3.8, 4) is 12.1 Å². The Morgan fingerprint density at radius 1 is 0.885 bits per heavy atom. The van der Waals surface area contributed by atoms with Crippen LogP contribution in [0.2, 0.25) is 0 Å². The second-order valence-electron chi connectivity index (χ2n) is 5.23. The highest BCUT2D eigenvalue weighted by atomic mass is 16.1. The minimum absolute atomic E-state index is 0.128. The predicted octanol–water partition coefficient (Wildman–Crippen LogP) is 3.22. The van der Waals surface area contributed by atoms with E-state index >= 15 is 0 Å². The SMILES string of the molecule is N#Cc1ccc(Nc2ccc(C(=O)Nc3ccccc3C#N)nn2)cc1. The fourth-order valence-corrected chi connectivity index (χ4v) is 2.17. The molecule has 2 aromatic carbocycles. The van der Waals surface area contributed by atoms with Crippen LogP contribution in [0.5, 0.6) is 0 Å². The van der Waals surface area contributed by atoms with Gasteiger partial charge in [0.05, 0.1) is 22.9 Å². The average Bonchev–Trinajstić information content (AvgIpc) is 2.69. The van der Waals surface area contributed by atoms with E-state index in [-0.39, 0.29) is 5.69 Å². The van der Waals surface area contributed by atoms with Gasteiger partial charge in [-0.3, -0.25) is 4.79 Å². The van der Waals surface area contributed by atoms with Crippen LogP contribution >= 0.6 is 0 Å². The first-order chi connectivity index (χ1) is 12.7. The number of aromatic nitrogens is 2. The molecule has 2 N–H and O–H groups in total. The first kappa shape index (κ1) is 16.6. The lowest BCUT2D eigenvalue weighted by Crippen LogP contribution is -2.15. The van der Waals surface area contributed by atoms with Gasteiger partial charge in [0.15, 0.2) is 11.5 Å². The molecule has 0 aliphatic rings. The zero-order chi connectivity index (χ0) is 18.4. The van der Waals surface area contributed by atoms with Gasteiger partial charge in [0.2, 0.25) is 0 Å². The molecule has 1 aromatic heterocycles. The lowest BCUT2D eigenvalue weighted by atomic mass is 10.2. The molecule has 0 spiro atoms. The zero-order valence-electron chi connectivity index (χ0n) is 13.5. The molecule has 7 nitrogen and oxygen atoms in total. The number of carbonyl (C=O) groups is 1. The van der Waals surface area contributed by atoms with E-state index < -0.39 is 5.91 Å². The molecule has 0 radical (unpaired) electrons. The van der Waals surface area contributed by atoms with E-state index in [0.29, 0.717) is 22.6 Å². The average molecular weight is 340 g/mol. The third-order valence-corrected chi connectivity index (χ3v) is 3.48. The van der Waals surface area contributed by atoms with Crippen LogP contribution in [0.4, 0.5) is 17.2 Å². The van der Waals surface area contributed by atoms with Crippen molar-refractivity contribution in [2.45, 2.75) is 0 Å². The molecule has 3 rings (SSSR count). The second kappa shape index (κ2) is 7.56. The van der Waals surface area contributed by atoms with Crippen LogP contribution in [0.3, 0.4) is 0 Å². The largest absolute Gasteiger partial charge is 0.339 e. The summed E-state index contributed by atoms with van der Waals surface area (Å²) in [5.41, 5.74) is 2.22. The third-order valence-electron chi connectivity index (χ3n) is 3.48. The van der Waals surface area contributed by atoms with Gasteiger partial charge in [-0.05, 0) is 48.5 Å². The molecule has 1 heterocycles. The molecular weight excluding hydrogens is 328 g/mol. The summed E-state index contributed by atoms with van der Waals surface area (Å²) in [6.45, 7) is 0. The van der Waals surface area contributed by atoms with Gasteiger partial charge in [-0.25, -0.2) is 0 Å². The monoisotopic (exact) mass is 340 g/mol. The summed E-state index contributed by atoms with van der Waals surface area (Å²) >= 11 is 0. The summed E-state index contributed by atoms with van der Waals surface area (Å²) in [6.07, 6.45) is 0. The molecule has 0 saturated heterocycles. The van der Waals surface area contributed by atoms with E-state index in [0.717, 1.165) is 5.69 Å². The molecule has 1 amide bonds. The van der Waals surface area contributed by atoms with Gasteiger partial charge in [0.25, 0.3) is 5.91 Å². The molecule has 0 aliphatic carbocycles. The van der Waals surface area contributed by atoms with Crippen molar-refractivity contribution in [2.75, 3.05) is 10.6 Å². The van der Waals surface area contributed by atoms with E-state index in [9.17, 15) is 4.79 Å². The summed E-state index contributed by atoms with van der Waals surface area (Å²) in [6, 6.07) is 20.8. The fourth-order valence-electron chi connectivity index (χ4n) is 2.17. The van der Waals surface area contributed by atoms with Gasteiger partial charge in [-0.2, -0.15) is 10.5 Å². The molecule has 26 heavy (non-hydrogen) atoms. The Morgan fingerprint density at radius 2 is 1.65 bits per heavy atom. The Hall–Kier alpha value is -4.23. The highest BCUT2D eigenvalue weighted by molar-refractivity contribution is 6.03. The fraction of sp³-hybridized carbons (Fsp3) is 0. The van der Waals surface area contributed by atoms with E-state index in [1.165, 1.54) is 6.07 Å². The topological polar surface area (TPSA) is 114 Å². The van der Waals surface area contributed by atoms with E-state index in [1.807, 2.05) is 12.1 Å². The maximum absolute atomic E-state index is 12.2. The minimum Gasteiger partial charge on any atom is -0.339 e. The molecule has 124 valence electrons. The molecule has 0 aliphatic heterocycles. The van der Waals surface area contributed by atoms with Gasteiger partial charge in [0, 0.05) is 5.69 Å². The van der Waals surface area contributed by atoms with Crippen molar-refractivity contribution in [2.24, 2.45) is 0 Å². The number of para-hydroxylation sites is 1. The number of amides is 1. The molecule has 0 saturated carbocycles. The summed E-state index contributed by atoms with van der Waals surface area (Å²) in [5, 5.41) is 31.4. The number of nitrogens with one attached hydrogen (secondary N) is 2. The van der Waals surface area contributed by atoms with Crippen LogP contribution in [0, 0.1) is 22.7 Å². The van der Waals surface area contributed by atoms with Crippen molar-refractivity contribution in [3.63, 3.8) is 0 Å². The van der Waals surface area contributed by atoms with Crippen molar-refractivity contribution >= 4 is 23.1 Å². The molecule has 3 aromatic rings. The van der Waals surface area contributed by atoms with Gasteiger partial charge in [-0.15, -0.1) is 10.2 Å². The van der Waals surface area contributed by atoms with E-state index in [4.69, 9.17) is 10.5 Å². The Morgan fingerprint density at radius 3 is 2.31 bits per heavy atom. The lowest BCUT2D eigenvalue weighted by molar-refractivity contribution is 0.102. The zero-order valence-corrected chi connectivity index (χ0v) is 13.5. The molecule has 0 fully saturated rings. The van der Waals surface area contributed by atoms with Crippen LogP contribution in [0.25, 0.3) is 0 Å². The van der Waals surface area contributed by atoms with Crippen LogP contribution in [0.15, 0.2) is 60.7 Å². The number of hydrogen-bond acceptors (Lipinski definition) is 6. The molecule has 7 heteroatoms. The Labute approximate surface area is 149 Å². The van der Waals surface area contributed by atoms with Crippen molar-refractivity contribution in [3.05, 3.63) is 77.5 Å². The number of hydrogen-bond donors (Lipinski definition) is 2. The van der Waals surface area contributed by atoms with Crippen molar-refractivity contribution < 1.29 is 4.79 Å². The minimum atomic E-state index is -0.454.